The van der Waals surface area contributed by atoms with Gasteiger partial charge < -0.3 is 0 Å². The Morgan fingerprint density at radius 3 is 0.167 bits per heavy atom. The third-order valence-electron chi connectivity index (χ3n) is 11.2. The molecule has 4 aliphatic rings. The molecule has 2 heteroatoms. The topological polar surface area (TPSA) is 0 Å². The summed E-state index contributed by atoms with van der Waals surface area (Å²) in [4.78, 5) is 0. The van der Waals surface area contributed by atoms with Crippen LogP contribution in [0.5, 0.6) is 0 Å². The Labute approximate surface area is 332 Å². The molecule has 42 heavy (non-hydrogen) atoms. The van der Waals surface area contributed by atoms with Crippen molar-refractivity contribution in [3.63, 3.8) is 0 Å². The van der Waals surface area contributed by atoms with E-state index < -0.39 is 0 Å². The zero-order valence-electron chi connectivity index (χ0n) is 31.4. The molecular weight excluding hydrogens is 945 g/mol. The summed E-state index contributed by atoms with van der Waals surface area (Å²) in [6.07, 6.45) is 0. The van der Waals surface area contributed by atoms with Gasteiger partial charge in [-0.1, -0.05) is 138 Å². The molecule has 4 fully saturated rings. The van der Waals surface area contributed by atoms with Crippen molar-refractivity contribution in [2.45, 2.75) is 138 Å². The Morgan fingerprint density at radius 2 is 0.143 bits per heavy atom. The molecule has 0 N–H and O–H groups in total. The molecule has 0 atom stereocenters. The van der Waals surface area contributed by atoms with Crippen molar-refractivity contribution in [3.8, 4) is 0 Å². The quantitative estimate of drug-likeness (QED) is 0.227. The van der Waals surface area contributed by atoms with E-state index in [4.69, 9.17) is 0 Å². The van der Waals surface area contributed by atoms with Gasteiger partial charge in [-0.15, -0.1) is 0 Å². The molecule has 0 unspecified atom stereocenters. The normalized spacial score (nSPS) is 27.1. The van der Waals surface area contributed by atoms with Crippen molar-refractivity contribution >= 4 is 0 Å². The zero-order chi connectivity index (χ0) is 31.5. The number of rotatable bonds is 0. The van der Waals surface area contributed by atoms with Gasteiger partial charge in [0.1, 0.15) is 0 Å². The molecule has 0 aromatic heterocycles. The molecule has 0 spiro atoms. The van der Waals surface area contributed by atoms with E-state index in [1.165, 1.54) is 118 Å². The van der Waals surface area contributed by atoms with Gasteiger partial charge in [-0.3, -0.25) is 0 Å². The SMILES string of the molecule is C[C]1[C](C)[C](C)[C](C)[C]1C.C[C]1[C](C)[C](C)[C](C)[C]1C.C[C]1[C](C)[C](C)[C](C)[C]1C.C[C]1[C](C)[C](C)[C](C)[C]1C.[ThH2].[ThH2]. The Hall–Kier alpha value is 2.65. The molecule has 0 aliphatic heterocycles. The summed E-state index contributed by atoms with van der Waals surface area (Å²) >= 11 is 0. The van der Waals surface area contributed by atoms with Crippen molar-refractivity contribution in [1.82, 2.24) is 0 Å². The van der Waals surface area contributed by atoms with Gasteiger partial charge in [-0.25, -0.2) is 0 Å². The van der Waals surface area contributed by atoms with Crippen LogP contribution < -0.4 is 0 Å². The van der Waals surface area contributed by atoms with Crippen LogP contribution in [0.25, 0.3) is 0 Å². The summed E-state index contributed by atoms with van der Waals surface area (Å²) in [5, 5.41) is 0. The van der Waals surface area contributed by atoms with Gasteiger partial charge in [0.15, 0.2) is 0 Å². The van der Waals surface area contributed by atoms with E-state index in [0.717, 1.165) is 0 Å². The van der Waals surface area contributed by atoms with Crippen LogP contribution in [0.15, 0.2) is 0 Å². The Morgan fingerprint density at radius 1 is 0.119 bits per heavy atom. The van der Waals surface area contributed by atoms with Gasteiger partial charge in [0.25, 0.3) is 0 Å². The van der Waals surface area contributed by atoms with E-state index in [2.05, 4.69) is 138 Å². The maximum absolute atomic E-state index is 2.20. The second kappa shape index (κ2) is 20.2. The van der Waals surface area contributed by atoms with Crippen molar-refractivity contribution in [1.29, 1.82) is 0 Å². The molecule has 0 aromatic rings. The fourth-order valence-corrected chi connectivity index (χ4v) is 5.62. The summed E-state index contributed by atoms with van der Waals surface area (Å²) in [5.74, 6) is 29.4. The molecule has 20 radical (unpaired) electrons. The summed E-state index contributed by atoms with van der Waals surface area (Å²) in [6.45, 7) is 44.0. The molecular formula is C40H64Th2. The van der Waals surface area contributed by atoms with Crippen LogP contribution in [-0.2, 0) is 0 Å². The molecule has 4 aliphatic carbocycles. The van der Waals surface area contributed by atoms with Crippen molar-refractivity contribution in [2.75, 3.05) is 0 Å². The standard InChI is InChI=1S/4C10H15.2Th.4H/c4*1-6-7(2)9(4)10(5)8(6)3;;;;;;/h4*1-5H3;;;;;;. The monoisotopic (exact) mass is 1010 g/mol. The van der Waals surface area contributed by atoms with E-state index in [0.29, 0.717) is 0 Å². The third kappa shape index (κ3) is 10.8. The summed E-state index contributed by atoms with van der Waals surface area (Å²) in [5.41, 5.74) is 0. The molecule has 0 heterocycles. The molecule has 0 saturated heterocycles. The first-order valence-electron chi connectivity index (χ1n) is 15.0. The average molecular weight is 1010 g/mol. The minimum atomic E-state index is 0. The van der Waals surface area contributed by atoms with Gasteiger partial charge in [0, 0.05) is 0 Å². The fraction of sp³-hybridized carbons (Fsp3) is 0.500. The van der Waals surface area contributed by atoms with Gasteiger partial charge >= 0.3 is 79.9 Å². The summed E-state index contributed by atoms with van der Waals surface area (Å²) < 4.78 is 0. The van der Waals surface area contributed by atoms with Crippen molar-refractivity contribution in [3.05, 3.63) is 118 Å². The van der Waals surface area contributed by atoms with Gasteiger partial charge in [0.05, 0.1) is 0 Å². The van der Waals surface area contributed by atoms with Crippen LogP contribution in [-0.4, -0.2) is 0 Å². The predicted molar refractivity (Wildman–Crippen MR) is 184 cm³/mol. The molecule has 0 bridgehead atoms. The Bertz CT molecular complexity index is 421. The predicted octanol–water partition coefficient (Wildman–Crippen LogP) is 10.8. The van der Waals surface area contributed by atoms with E-state index in [-0.39, 0.29) is 79.9 Å². The Kier molecular flexibility index (Phi) is 22.5. The van der Waals surface area contributed by atoms with Gasteiger partial charge in [0.2, 0.25) is 0 Å². The van der Waals surface area contributed by atoms with E-state index in [1.54, 1.807) is 0 Å². The molecule has 0 nitrogen and oxygen atoms in total. The number of hydrogen-bond acceptors (Lipinski definition) is 0. The van der Waals surface area contributed by atoms with E-state index in [1.807, 2.05) is 0 Å². The van der Waals surface area contributed by atoms with Crippen LogP contribution in [0.3, 0.4) is 0 Å². The first-order valence-corrected chi connectivity index (χ1v) is 15.0. The second-order valence-corrected chi connectivity index (χ2v) is 12.5. The maximum atomic E-state index is 2.20. The molecule has 0 amide bonds. The van der Waals surface area contributed by atoms with E-state index in [9.17, 15) is 0 Å². The molecule has 4 saturated carbocycles. The third-order valence-corrected chi connectivity index (χ3v) is 11.2. The molecule has 0 aromatic carbocycles. The average Bonchev–Trinajstić information content (AvgIpc) is 3.37. The van der Waals surface area contributed by atoms with Crippen molar-refractivity contribution < 1.29 is 79.9 Å². The van der Waals surface area contributed by atoms with Crippen molar-refractivity contribution in [2.24, 2.45) is 0 Å². The fourth-order valence-electron chi connectivity index (χ4n) is 5.62. The number of hydrogen-bond donors (Lipinski definition) is 0. The van der Waals surface area contributed by atoms with E-state index >= 15 is 0 Å². The first-order chi connectivity index (χ1) is 18.2. The van der Waals surface area contributed by atoms with Gasteiger partial charge in [-0.05, 0) is 118 Å². The van der Waals surface area contributed by atoms with Gasteiger partial charge in [-0.2, -0.15) is 0 Å². The first kappa shape index (κ1) is 46.8. The minimum absolute atomic E-state index is 0. The van der Waals surface area contributed by atoms with Crippen LogP contribution in [0.1, 0.15) is 138 Å². The summed E-state index contributed by atoms with van der Waals surface area (Å²) in [7, 11) is 0. The Balaban J connectivity index is 0. The van der Waals surface area contributed by atoms with Crippen LogP contribution >= 0.6 is 0 Å². The van der Waals surface area contributed by atoms with Crippen LogP contribution in [0, 0.1) is 198 Å². The van der Waals surface area contributed by atoms with Crippen LogP contribution in [0.4, 0.5) is 0 Å². The molecule has 232 valence electrons. The zero-order valence-corrected chi connectivity index (χ0v) is 43.0. The summed E-state index contributed by atoms with van der Waals surface area (Å²) in [6, 6.07) is 0. The van der Waals surface area contributed by atoms with Crippen LogP contribution in [0.2, 0.25) is 0 Å². The second-order valence-electron chi connectivity index (χ2n) is 12.5. The molecule has 4 rings (SSSR count).